The minimum Gasteiger partial charge on any atom is -0.366 e. The lowest BCUT2D eigenvalue weighted by Crippen LogP contribution is -2.03. The van der Waals surface area contributed by atoms with Crippen molar-refractivity contribution >= 4 is 22.4 Å². The van der Waals surface area contributed by atoms with E-state index in [2.05, 4.69) is 22.4 Å². The number of hydrogen-bond acceptors (Lipinski definition) is 1. The second-order valence-corrected chi connectivity index (χ2v) is 4.47. The summed E-state index contributed by atoms with van der Waals surface area (Å²) in [6, 6.07) is 16.0. The Morgan fingerprint density at radius 1 is 0.842 bits per heavy atom. The van der Waals surface area contributed by atoms with Gasteiger partial charge in [0.2, 0.25) is 5.91 Å². The third-order valence-electron chi connectivity index (χ3n) is 3.12. The van der Waals surface area contributed by atoms with E-state index in [4.69, 9.17) is 0 Å². The first-order valence-corrected chi connectivity index (χ1v) is 6.22. The molecule has 4 rings (SSSR count). The van der Waals surface area contributed by atoms with Crippen molar-refractivity contribution in [1.82, 2.24) is 4.98 Å². The summed E-state index contributed by atoms with van der Waals surface area (Å²) in [6.07, 6.45) is 4.53. The number of fused-ring (bicyclic) bond motifs is 2. The number of benzene rings is 2. The smallest absolute Gasteiger partial charge is 0.228 e. The van der Waals surface area contributed by atoms with Crippen LogP contribution in [0, 0.1) is 0 Å². The molecule has 0 radical (unpaired) electrons. The molecule has 2 aromatic carbocycles. The molecule has 3 aromatic rings. The van der Waals surface area contributed by atoms with Crippen molar-refractivity contribution in [3.8, 4) is 0 Å². The van der Waals surface area contributed by atoms with Gasteiger partial charge in [-0.15, -0.1) is 0 Å². The van der Waals surface area contributed by atoms with Crippen molar-refractivity contribution < 1.29 is 4.79 Å². The zero-order chi connectivity index (χ0) is 13.1. The molecule has 3 nitrogen and oxygen atoms in total. The number of amides is 1. The molecule has 0 saturated carbocycles. The lowest BCUT2D eigenvalue weighted by Gasteiger charge is -1.93. The third kappa shape index (κ3) is 2.50. The van der Waals surface area contributed by atoms with E-state index in [0.29, 0.717) is 6.42 Å². The molecule has 0 atom stereocenters. The Hall–Kier alpha value is -2.55. The highest BCUT2D eigenvalue weighted by molar-refractivity contribution is 5.98. The van der Waals surface area contributed by atoms with Crippen LogP contribution in [0.3, 0.4) is 0 Å². The van der Waals surface area contributed by atoms with E-state index >= 15 is 0 Å². The Kier molecular flexibility index (Phi) is 3.02. The first-order valence-electron chi connectivity index (χ1n) is 6.22. The van der Waals surface area contributed by atoms with Crippen molar-refractivity contribution in [3.05, 3.63) is 66.5 Å². The van der Waals surface area contributed by atoms with E-state index in [9.17, 15) is 4.79 Å². The molecule has 0 bridgehead atoms. The summed E-state index contributed by atoms with van der Waals surface area (Å²) in [7, 11) is 0. The van der Waals surface area contributed by atoms with Crippen molar-refractivity contribution in [2.75, 3.05) is 5.32 Å². The van der Waals surface area contributed by atoms with Gasteiger partial charge in [-0.2, -0.15) is 0 Å². The first kappa shape index (κ1) is 11.5. The molecular formula is C16H14N2O. The van der Waals surface area contributed by atoms with Crippen LogP contribution in [0.2, 0.25) is 0 Å². The van der Waals surface area contributed by atoms with Gasteiger partial charge in [-0.25, -0.2) is 0 Å². The standard InChI is InChI=1S/C8H7NO.C8H7N/c10-8-5-6-3-1-2-4-7(6)9-8;1-2-4-8-6-9-5-7(8)3-1/h1-4H,5H2,(H,9,10);1-6,9H. The van der Waals surface area contributed by atoms with E-state index in [0.717, 1.165) is 11.3 Å². The van der Waals surface area contributed by atoms with Crippen LogP contribution in [0.5, 0.6) is 0 Å². The number of aromatic nitrogens is 1. The number of anilines is 1. The Bertz CT molecular complexity index is 658. The quantitative estimate of drug-likeness (QED) is 0.631. The van der Waals surface area contributed by atoms with E-state index in [1.165, 1.54) is 10.8 Å². The Balaban J connectivity index is 0.000000117. The van der Waals surface area contributed by atoms with Crippen LogP contribution in [-0.4, -0.2) is 10.9 Å². The fourth-order valence-corrected chi connectivity index (χ4v) is 2.16. The van der Waals surface area contributed by atoms with Gasteiger partial charge in [-0.1, -0.05) is 42.5 Å². The van der Waals surface area contributed by atoms with Crippen LogP contribution >= 0.6 is 0 Å². The molecule has 94 valence electrons. The van der Waals surface area contributed by atoms with Crippen LogP contribution in [-0.2, 0) is 11.2 Å². The normalized spacial score (nSPS) is 12.5. The Morgan fingerprint density at radius 3 is 2.16 bits per heavy atom. The molecule has 1 aliphatic heterocycles. The zero-order valence-electron chi connectivity index (χ0n) is 10.4. The highest BCUT2D eigenvalue weighted by Crippen LogP contribution is 2.21. The van der Waals surface area contributed by atoms with Crippen molar-refractivity contribution in [2.24, 2.45) is 0 Å². The van der Waals surface area contributed by atoms with Gasteiger partial charge in [0.1, 0.15) is 0 Å². The second-order valence-electron chi connectivity index (χ2n) is 4.47. The van der Waals surface area contributed by atoms with E-state index < -0.39 is 0 Å². The summed E-state index contributed by atoms with van der Waals surface area (Å²) in [4.78, 5) is 13.8. The van der Waals surface area contributed by atoms with E-state index in [1.54, 1.807) is 0 Å². The van der Waals surface area contributed by atoms with Gasteiger partial charge in [-0.05, 0) is 22.4 Å². The van der Waals surface area contributed by atoms with Gasteiger partial charge in [0.15, 0.2) is 0 Å². The van der Waals surface area contributed by atoms with Crippen LogP contribution in [0.4, 0.5) is 5.69 Å². The molecule has 3 heteroatoms. The number of hydrogen-bond donors (Lipinski definition) is 2. The number of nitrogens with one attached hydrogen (secondary N) is 2. The van der Waals surface area contributed by atoms with Gasteiger partial charge >= 0.3 is 0 Å². The van der Waals surface area contributed by atoms with Gasteiger partial charge in [0, 0.05) is 18.1 Å². The number of aromatic amines is 1. The maximum atomic E-state index is 10.8. The van der Waals surface area contributed by atoms with Crippen LogP contribution in [0.25, 0.3) is 10.8 Å². The Morgan fingerprint density at radius 2 is 1.47 bits per heavy atom. The SMILES string of the molecule is O=C1Cc2ccccc2N1.c1ccc2c[nH]cc2c1. The zero-order valence-corrected chi connectivity index (χ0v) is 10.4. The van der Waals surface area contributed by atoms with Gasteiger partial charge in [-0.3, -0.25) is 4.79 Å². The molecule has 2 heterocycles. The monoisotopic (exact) mass is 250 g/mol. The van der Waals surface area contributed by atoms with Crippen molar-refractivity contribution in [1.29, 1.82) is 0 Å². The fraction of sp³-hybridized carbons (Fsp3) is 0.0625. The lowest BCUT2D eigenvalue weighted by atomic mass is 10.2. The van der Waals surface area contributed by atoms with Crippen LogP contribution < -0.4 is 5.32 Å². The van der Waals surface area contributed by atoms with Crippen LogP contribution in [0.15, 0.2) is 60.9 Å². The molecule has 19 heavy (non-hydrogen) atoms. The molecule has 2 N–H and O–H groups in total. The largest absolute Gasteiger partial charge is 0.366 e. The average molecular weight is 250 g/mol. The fourth-order valence-electron chi connectivity index (χ4n) is 2.16. The molecule has 0 saturated heterocycles. The predicted molar refractivity (Wildman–Crippen MR) is 77.1 cm³/mol. The molecule has 0 spiro atoms. The number of H-pyrrole nitrogens is 1. The van der Waals surface area contributed by atoms with E-state index in [-0.39, 0.29) is 5.91 Å². The first-order chi connectivity index (χ1) is 9.33. The molecule has 1 amide bonds. The maximum absolute atomic E-state index is 10.8. The summed E-state index contributed by atoms with van der Waals surface area (Å²) >= 11 is 0. The highest BCUT2D eigenvalue weighted by Gasteiger charge is 2.15. The van der Waals surface area contributed by atoms with Crippen LogP contribution in [0.1, 0.15) is 5.56 Å². The summed E-state index contributed by atoms with van der Waals surface area (Å²) in [5.74, 6) is 0.0983. The second kappa shape index (κ2) is 4.98. The molecule has 0 unspecified atom stereocenters. The molecule has 0 fully saturated rings. The number of carbonyl (C=O) groups excluding carboxylic acids is 1. The highest BCUT2D eigenvalue weighted by atomic mass is 16.1. The summed E-state index contributed by atoms with van der Waals surface area (Å²) in [5.41, 5.74) is 2.07. The minimum absolute atomic E-state index is 0.0983. The summed E-state index contributed by atoms with van der Waals surface area (Å²) in [5, 5.41) is 5.31. The van der Waals surface area contributed by atoms with Gasteiger partial charge in [0.05, 0.1) is 6.42 Å². The third-order valence-corrected chi connectivity index (χ3v) is 3.12. The number of para-hydroxylation sites is 1. The summed E-state index contributed by atoms with van der Waals surface area (Å²) in [6.45, 7) is 0. The minimum atomic E-state index is 0.0983. The van der Waals surface area contributed by atoms with Crippen molar-refractivity contribution in [2.45, 2.75) is 6.42 Å². The molecule has 0 aliphatic carbocycles. The maximum Gasteiger partial charge on any atom is 0.228 e. The van der Waals surface area contributed by atoms with E-state index in [1.807, 2.05) is 48.8 Å². The molecule has 1 aliphatic rings. The lowest BCUT2D eigenvalue weighted by molar-refractivity contribution is -0.115. The van der Waals surface area contributed by atoms with Crippen molar-refractivity contribution in [3.63, 3.8) is 0 Å². The van der Waals surface area contributed by atoms with Gasteiger partial charge in [0.25, 0.3) is 0 Å². The topological polar surface area (TPSA) is 44.9 Å². The molecule has 1 aromatic heterocycles. The average Bonchev–Trinajstić information content (AvgIpc) is 3.03. The number of carbonyl (C=O) groups is 1. The Labute approximate surface area is 111 Å². The molecular weight excluding hydrogens is 236 g/mol. The number of rotatable bonds is 0. The summed E-state index contributed by atoms with van der Waals surface area (Å²) < 4.78 is 0. The van der Waals surface area contributed by atoms with Gasteiger partial charge < -0.3 is 10.3 Å². The predicted octanol–water partition coefficient (Wildman–Crippen LogP) is 3.35.